The molecule has 1 fully saturated rings. The molecule has 0 saturated carbocycles. The van der Waals surface area contributed by atoms with E-state index in [4.69, 9.17) is 0 Å². The third-order valence-electron chi connectivity index (χ3n) is 5.52. The van der Waals surface area contributed by atoms with Crippen molar-refractivity contribution in [3.05, 3.63) is 77.9 Å². The molecule has 1 aliphatic rings. The van der Waals surface area contributed by atoms with Crippen LogP contribution >= 0.6 is 0 Å². The summed E-state index contributed by atoms with van der Waals surface area (Å²) in [6.45, 7) is 1.66. The molecule has 1 heterocycles. The van der Waals surface area contributed by atoms with Crippen LogP contribution in [-0.2, 0) is 5.41 Å². The highest BCUT2D eigenvalue weighted by Crippen LogP contribution is 2.38. The van der Waals surface area contributed by atoms with Gasteiger partial charge in [0.05, 0.1) is 23.1 Å². The average Bonchev–Trinajstić information content (AvgIpc) is 2.74. The normalized spacial score (nSPS) is 16.0. The van der Waals surface area contributed by atoms with Gasteiger partial charge in [-0.15, -0.1) is 0 Å². The minimum Gasteiger partial charge on any atom is -0.371 e. The number of hydrogen-bond acceptors (Lipinski definition) is 3. The van der Waals surface area contributed by atoms with E-state index in [2.05, 4.69) is 35.2 Å². The van der Waals surface area contributed by atoms with E-state index in [1.165, 1.54) is 0 Å². The zero-order valence-corrected chi connectivity index (χ0v) is 14.5. The van der Waals surface area contributed by atoms with Crippen molar-refractivity contribution in [2.24, 2.45) is 0 Å². The summed E-state index contributed by atoms with van der Waals surface area (Å²) in [6, 6.07) is 27.0. The van der Waals surface area contributed by atoms with Crippen LogP contribution in [0.15, 0.2) is 66.7 Å². The predicted molar refractivity (Wildman–Crippen MR) is 104 cm³/mol. The molecule has 3 heteroatoms. The molecule has 1 aliphatic heterocycles. The lowest BCUT2D eigenvalue weighted by Crippen LogP contribution is -2.42. The fourth-order valence-corrected chi connectivity index (χ4v) is 4.01. The number of piperidine rings is 1. The molecule has 0 aromatic heterocycles. The fourth-order valence-electron chi connectivity index (χ4n) is 4.01. The number of hydrogen-bond donors (Lipinski definition) is 0. The minimum absolute atomic E-state index is 0.403. The molecule has 0 atom stereocenters. The third kappa shape index (κ3) is 2.59. The lowest BCUT2D eigenvalue weighted by Gasteiger charge is -2.39. The fraction of sp³-hybridized carbons (Fsp3) is 0.217. The Balaban J connectivity index is 1.66. The molecular weight excluding hydrogens is 318 g/mol. The Hall–Kier alpha value is -3.30. The molecule has 0 spiro atoms. The molecule has 0 aliphatic carbocycles. The van der Waals surface area contributed by atoms with Gasteiger partial charge in [0.15, 0.2) is 0 Å². The standard InChI is InChI=1S/C23H19N3/c24-16-18-10-11-22(21-9-5-4-8-20(18)21)26-14-12-23(17-25,13-15-26)19-6-2-1-3-7-19/h1-11H,12-15H2. The van der Waals surface area contributed by atoms with E-state index in [-0.39, 0.29) is 0 Å². The van der Waals surface area contributed by atoms with Gasteiger partial charge < -0.3 is 4.90 Å². The number of nitrogens with zero attached hydrogens (tertiary/aromatic N) is 3. The summed E-state index contributed by atoms with van der Waals surface area (Å²) in [4.78, 5) is 2.35. The summed E-state index contributed by atoms with van der Waals surface area (Å²) in [5.41, 5.74) is 2.57. The van der Waals surface area contributed by atoms with Crippen LogP contribution in [0.25, 0.3) is 10.8 Å². The molecular formula is C23H19N3. The summed E-state index contributed by atoms with van der Waals surface area (Å²) in [5, 5.41) is 21.4. The van der Waals surface area contributed by atoms with Crippen LogP contribution < -0.4 is 4.90 Å². The molecule has 126 valence electrons. The molecule has 0 bridgehead atoms. The van der Waals surface area contributed by atoms with Gasteiger partial charge in [0.2, 0.25) is 0 Å². The molecule has 0 radical (unpaired) electrons. The van der Waals surface area contributed by atoms with Gasteiger partial charge in [0, 0.05) is 29.5 Å². The van der Waals surface area contributed by atoms with E-state index in [0.29, 0.717) is 5.56 Å². The largest absolute Gasteiger partial charge is 0.371 e. The smallest absolute Gasteiger partial charge is 0.0998 e. The number of fused-ring (bicyclic) bond motifs is 1. The van der Waals surface area contributed by atoms with Gasteiger partial charge in [-0.05, 0) is 30.5 Å². The van der Waals surface area contributed by atoms with E-state index >= 15 is 0 Å². The van der Waals surface area contributed by atoms with Crippen molar-refractivity contribution in [3.63, 3.8) is 0 Å². The summed E-state index contributed by atoms with van der Waals surface area (Å²) in [7, 11) is 0. The zero-order chi connectivity index (χ0) is 18.0. The van der Waals surface area contributed by atoms with Crippen LogP contribution in [0.3, 0.4) is 0 Å². The Bertz CT molecular complexity index is 1020. The molecule has 26 heavy (non-hydrogen) atoms. The Morgan fingerprint density at radius 2 is 1.42 bits per heavy atom. The van der Waals surface area contributed by atoms with Crippen LogP contribution in [0.1, 0.15) is 24.0 Å². The Morgan fingerprint density at radius 1 is 0.769 bits per heavy atom. The first-order chi connectivity index (χ1) is 12.8. The van der Waals surface area contributed by atoms with Crippen molar-refractivity contribution in [1.82, 2.24) is 0 Å². The second-order valence-corrected chi connectivity index (χ2v) is 6.84. The highest BCUT2D eigenvalue weighted by atomic mass is 15.1. The molecule has 3 aromatic carbocycles. The van der Waals surface area contributed by atoms with Crippen molar-refractivity contribution in [2.45, 2.75) is 18.3 Å². The summed E-state index contributed by atoms with van der Waals surface area (Å²) >= 11 is 0. The van der Waals surface area contributed by atoms with Crippen molar-refractivity contribution in [3.8, 4) is 12.1 Å². The molecule has 3 nitrogen and oxygen atoms in total. The molecule has 0 amide bonds. The monoisotopic (exact) mass is 337 g/mol. The Labute approximate surface area is 153 Å². The molecule has 4 rings (SSSR count). The topological polar surface area (TPSA) is 50.8 Å². The summed E-state index contributed by atoms with van der Waals surface area (Å²) in [5.74, 6) is 0. The molecule has 0 N–H and O–H groups in total. The van der Waals surface area contributed by atoms with E-state index in [1.807, 2.05) is 48.5 Å². The highest BCUT2D eigenvalue weighted by Gasteiger charge is 2.36. The van der Waals surface area contributed by atoms with Gasteiger partial charge in [0.1, 0.15) is 0 Å². The van der Waals surface area contributed by atoms with Crippen LogP contribution in [0.5, 0.6) is 0 Å². The number of rotatable bonds is 2. The first-order valence-electron chi connectivity index (χ1n) is 8.91. The summed E-state index contributed by atoms with van der Waals surface area (Å²) < 4.78 is 0. The Kier molecular flexibility index (Phi) is 4.07. The molecule has 0 unspecified atom stereocenters. The first-order valence-corrected chi connectivity index (χ1v) is 8.91. The Morgan fingerprint density at radius 3 is 2.08 bits per heavy atom. The second-order valence-electron chi connectivity index (χ2n) is 6.84. The van der Waals surface area contributed by atoms with Gasteiger partial charge >= 0.3 is 0 Å². The first kappa shape index (κ1) is 16.2. The zero-order valence-electron chi connectivity index (χ0n) is 14.5. The predicted octanol–water partition coefficient (Wildman–Crippen LogP) is 4.77. The van der Waals surface area contributed by atoms with Gasteiger partial charge in [-0.25, -0.2) is 0 Å². The van der Waals surface area contributed by atoms with Gasteiger partial charge in [-0.1, -0.05) is 54.6 Å². The van der Waals surface area contributed by atoms with Crippen LogP contribution in [0, 0.1) is 22.7 Å². The number of nitriles is 2. The van der Waals surface area contributed by atoms with Crippen molar-refractivity contribution in [2.75, 3.05) is 18.0 Å². The van der Waals surface area contributed by atoms with Crippen molar-refractivity contribution < 1.29 is 0 Å². The van der Waals surface area contributed by atoms with Crippen molar-refractivity contribution in [1.29, 1.82) is 10.5 Å². The van der Waals surface area contributed by atoms with Gasteiger partial charge in [0.25, 0.3) is 0 Å². The highest BCUT2D eigenvalue weighted by molar-refractivity contribution is 5.97. The third-order valence-corrected chi connectivity index (χ3v) is 5.52. The molecule has 3 aromatic rings. The van der Waals surface area contributed by atoms with Crippen LogP contribution in [0.4, 0.5) is 5.69 Å². The van der Waals surface area contributed by atoms with Crippen molar-refractivity contribution >= 4 is 16.5 Å². The summed E-state index contributed by atoms with van der Waals surface area (Å²) in [6.07, 6.45) is 1.61. The van der Waals surface area contributed by atoms with E-state index < -0.39 is 5.41 Å². The van der Waals surface area contributed by atoms with E-state index in [1.54, 1.807) is 0 Å². The molecule has 1 saturated heterocycles. The number of benzene rings is 3. The quantitative estimate of drug-likeness (QED) is 0.676. The SMILES string of the molecule is N#Cc1ccc(N2CCC(C#N)(c3ccccc3)CC2)c2ccccc12. The second kappa shape index (κ2) is 6.54. The maximum absolute atomic E-state index is 9.89. The maximum atomic E-state index is 9.89. The van der Waals surface area contributed by atoms with Crippen LogP contribution in [0.2, 0.25) is 0 Å². The minimum atomic E-state index is -0.403. The van der Waals surface area contributed by atoms with Crippen LogP contribution in [-0.4, -0.2) is 13.1 Å². The number of anilines is 1. The average molecular weight is 337 g/mol. The van der Waals surface area contributed by atoms with E-state index in [0.717, 1.165) is 48.0 Å². The maximum Gasteiger partial charge on any atom is 0.0998 e. The lowest BCUT2D eigenvalue weighted by molar-refractivity contribution is 0.416. The lowest BCUT2D eigenvalue weighted by atomic mass is 9.74. The van der Waals surface area contributed by atoms with Gasteiger partial charge in [-0.3, -0.25) is 0 Å². The van der Waals surface area contributed by atoms with E-state index in [9.17, 15) is 10.5 Å². The van der Waals surface area contributed by atoms with Gasteiger partial charge in [-0.2, -0.15) is 10.5 Å².